The summed E-state index contributed by atoms with van der Waals surface area (Å²) in [4.78, 5) is 11.3. The molecule has 128 valence electrons. The Balaban J connectivity index is 1.58. The Labute approximate surface area is 141 Å². The summed E-state index contributed by atoms with van der Waals surface area (Å²) in [6.07, 6.45) is 14.5. The van der Waals surface area contributed by atoms with Crippen molar-refractivity contribution < 1.29 is 9.53 Å². The van der Waals surface area contributed by atoms with Crippen LogP contribution in [0.25, 0.3) is 0 Å². The molecule has 4 aliphatic rings. The number of carbonyl (C=O) groups excluding carboxylic acids is 1. The largest absolute Gasteiger partial charge is 0.462 e. The highest BCUT2D eigenvalue weighted by Gasteiger charge is 2.55. The van der Waals surface area contributed by atoms with Crippen LogP contribution in [0, 0.1) is 28.6 Å². The molecule has 0 aromatic heterocycles. The minimum atomic E-state index is -0.118. The monoisotopic (exact) mass is 316 g/mol. The molecule has 23 heavy (non-hydrogen) atoms. The van der Waals surface area contributed by atoms with E-state index < -0.39 is 0 Å². The minimum absolute atomic E-state index is 0.118. The van der Waals surface area contributed by atoms with Gasteiger partial charge in [-0.1, -0.05) is 31.9 Å². The van der Waals surface area contributed by atoms with Gasteiger partial charge in [-0.25, -0.2) is 0 Å². The zero-order chi connectivity index (χ0) is 16.2. The Kier molecular flexibility index (Phi) is 3.66. The molecule has 0 saturated heterocycles. The Bertz CT molecular complexity index is 536. The van der Waals surface area contributed by atoms with Crippen molar-refractivity contribution in [3.8, 4) is 0 Å². The van der Waals surface area contributed by atoms with Crippen molar-refractivity contribution in [2.75, 3.05) is 0 Å². The van der Waals surface area contributed by atoms with Gasteiger partial charge < -0.3 is 4.74 Å². The maximum absolute atomic E-state index is 11.3. The first-order valence-corrected chi connectivity index (χ1v) is 9.79. The molecular formula is C21H32O2. The van der Waals surface area contributed by atoms with Gasteiger partial charge in [-0.05, 0) is 73.5 Å². The third kappa shape index (κ3) is 2.39. The quantitative estimate of drug-likeness (QED) is 0.486. The molecule has 6 atom stereocenters. The average molecular weight is 316 g/mol. The van der Waals surface area contributed by atoms with Crippen molar-refractivity contribution in [3.63, 3.8) is 0 Å². The predicted molar refractivity (Wildman–Crippen MR) is 91.9 cm³/mol. The Hall–Kier alpha value is -0.790. The molecule has 2 heteroatoms. The molecule has 0 radical (unpaired) electrons. The van der Waals surface area contributed by atoms with Gasteiger partial charge in [0.05, 0.1) is 0 Å². The number of ether oxygens (including phenoxy) is 1. The van der Waals surface area contributed by atoms with Crippen LogP contribution in [0.1, 0.15) is 78.6 Å². The van der Waals surface area contributed by atoms with Gasteiger partial charge in [-0.2, -0.15) is 0 Å². The first-order valence-electron chi connectivity index (χ1n) is 9.79. The van der Waals surface area contributed by atoms with Crippen LogP contribution in [0.3, 0.4) is 0 Å². The number of hydrogen-bond acceptors (Lipinski definition) is 2. The topological polar surface area (TPSA) is 26.3 Å². The van der Waals surface area contributed by atoms with Gasteiger partial charge in [0.15, 0.2) is 0 Å². The van der Waals surface area contributed by atoms with Crippen LogP contribution >= 0.6 is 0 Å². The van der Waals surface area contributed by atoms with Crippen molar-refractivity contribution in [1.29, 1.82) is 0 Å². The number of carbonyl (C=O) groups is 1. The highest BCUT2D eigenvalue weighted by molar-refractivity contribution is 5.66. The fraction of sp³-hybridized carbons (Fsp3) is 0.857. The van der Waals surface area contributed by atoms with Gasteiger partial charge in [-0.15, -0.1) is 0 Å². The van der Waals surface area contributed by atoms with Crippen LogP contribution in [0.2, 0.25) is 0 Å². The van der Waals surface area contributed by atoms with E-state index in [1.807, 2.05) is 0 Å². The van der Waals surface area contributed by atoms with E-state index in [0.29, 0.717) is 10.8 Å². The van der Waals surface area contributed by atoms with Crippen molar-refractivity contribution in [2.45, 2.75) is 84.7 Å². The molecule has 0 unspecified atom stereocenters. The summed E-state index contributed by atoms with van der Waals surface area (Å²) in [5.74, 6) is 2.63. The van der Waals surface area contributed by atoms with E-state index in [1.54, 1.807) is 12.5 Å². The van der Waals surface area contributed by atoms with E-state index in [9.17, 15) is 4.79 Å². The molecule has 3 fully saturated rings. The standard InChI is InChI=1S/C21H32O2/c1-14(22)23-16-8-12-21(3)15(13-16)6-7-17-18-5-4-10-20(18,2)11-9-19(17)21/h6,16-19H,4-5,7-13H2,1-3H3/t16-,17-,18-,19-,20-,21+/m1/s1. The van der Waals surface area contributed by atoms with Crippen LogP contribution in [-0.2, 0) is 9.53 Å². The summed E-state index contributed by atoms with van der Waals surface area (Å²) in [7, 11) is 0. The molecule has 0 aliphatic heterocycles. The van der Waals surface area contributed by atoms with Crippen molar-refractivity contribution in [1.82, 2.24) is 0 Å². The first-order chi connectivity index (χ1) is 10.9. The third-order valence-electron chi connectivity index (χ3n) is 8.17. The van der Waals surface area contributed by atoms with Gasteiger partial charge in [0.1, 0.15) is 6.10 Å². The lowest BCUT2D eigenvalue weighted by molar-refractivity contribution is -0.148. The van der Waals surface area contributed by atoms with E-state index in [2.05, 4.69) is 19.9 Å². The van der Waals surface area contributed by atoms with Crippen LogP contribution in [-0.4, -0.2) is 12.1 Å². The molecule has 0 heterocycles. The second kappa shape index (κ2) is 5.36. The third-order valence-corrected chi connectivity index (χ3v) is 8.17. The number of allylic oxidation sites excluding steroid dienone is 1. The number of fused-ring (bicyclic) bond motifs is 5. The fourth-order valence-corrected chi connectivity index (χ4v) is 6.96. The maximum Gasteiger partial charge on any atom is 0.302 e. The summed E-state index contributed by atoms with van der Waals surface area (Å²) in [5, 5.41) is 0. The average Bonchev–Trinajstić information content (AvgIpc) is 2.89. The molecule has 0 N–H and O–H groups in total. The highest BCUT2D eigenvalue weighted by Crippen LogP contribution is 2.64. The van der Waals surface area contributed by atoms with Crippen molar-refractivity contribution >= 4 is 5.97 Å². The van der Waals surface area contributed by atoms with Crippen molar-refractivity contribution in [3.05, 3.63) is 11.6 Å². The molecule has 0 spiro atoms. The zero-order valence-electron chi connectivity index (χ0n) is 15.1. The molecule has 2 nitrogen and oxygen atoms in total. The minimum Gasteiger partial charge on any atom is -0.462 e. The molecule has 4 aliphatic carbocycles. The molecule has 0 aromatic carbocycles. The summed E-state index contributed by atoms with van der Waals surface area (Å²) >= 11 is 0. The molecular weight excluding hydrogens is 284 g/mol. The summed E-state index contributed by atoms with van der Waals surface area (Å²) in [5.41, 5.74) is 2.62. The van der Waals surface area contributed by atoms with Gasteiger partial charge in [0.25, 0.3) is 0 Å². The van der Waals surface area contributed by atoms with E-state index in [4.69, 9.17) is 4.74 Å². The molecule has 0 bridgehead atoms. The molecule has 0 aromatic rings. The highest BCUT2D eigenvalue weighted by atomic mass is 16.5. The maximum atomic E-state index is 11.3. The Morgan fingerprint density at radius 3 is 2.74 bits per heavy atom. The van der Waals surface area contributed by atoms with E-state index in [1.165, 1.54) is 44.9 Å². The van der Waals surface area contributed by atoms with Crippen LogP contribution in [0.15, 0.2) is 11.6 Å². The van der Waals surface area contributed by atoms with Crippen LogP contribution < -0.4 is 0 Å². The lowest BCUT2D eigenvalue weighted by Gasteiger charge is -2.57. The SMILES string of the molecule is CC(=O)O[C@@H]1CC[C@@]2(C)C(=CC[C@@H]3[C@H]4CCC[C@]4(C)CC[C@H]32)C1. The van der Waals surface area contributed by atoms with E-state index in [0.717, 1.165) is 30.6 Å². The van der Waals surface area contributed by atoms with Crippen LogP contribution in [0.5, 0.6) is 0 Å². The first kappa shape index (κ1) is 15.7. The second-order valence-electron chi connectivity index (χ2n) is 9.32. The Morgan fingerprint density at radius 1 is 1.13 bits per heavy atom. The van der Waals surface area contributed by atoms with E-state index in [-0.39, 0.29) is 12.1 Å². The van der Waals surface area contributed by atoms with Crippen LogP contribution in [0.4, 0.5) is 0 Å². The van der Waals surface area contributed by atoms with Gasteiger partial charge in [0.2, 0.25) is 0 Å². The summed E-state index contributed by atoms with van der Waals surface area (Å²) in [6, 6.07) is 0. The number of rotatable bonds is 1. The normalized spacial score (nSPS) is 48.7. The Morgan fingerprint density at radius 2 is 1.96 bits per heavy atom. The summed E-state index contributed by atoms with van der Waals surface area (Å²) in [6.45, 7) is 6.64. The van der Waals surface area contributed by atoms with Gasteiger partial charge in [-0.3, -0.25) is 4.79 Å². The number of esters is 1. The fourth-order valence-electron chi connectivity index (χ4n) is 6.96. The number of hydrogen-bond donors (Lipinski definition) is 0. The molecule has 3 saturated carbocycles. The second-order valence-corrected chi connectivity index (χ2v) is 9.32. The molecule has 4 rings (SSSR count). The smallest absolute Gasteiger partial charge is 0.302 e. The predicted octanol–water partition coefficient (Wildman–Crippen LogP) is 5.27. The van der Waals surface area contributed by atoms with Gasteiger partial charge >= 0.3 is 5.97 Å². The van der Waals surface area contributed by atoms with Crippen molar-refractivity contribution in [2.24, 2.45) is 28.6 Å². The zero-order valence-corrected chi connectivity index (χ0v) is 15.1. The lowest BCUT2D eigenvalue weighted by Crippen LogP contribution is -2.49. The lowest BCUT2D eigenvalue weighted by atomic mass is 9.48. The van der Waals surface area contributed by atoms with E-state index >= 15 is 0 Å². The molecule has 0 amide bonds. The van der Waals surface area contributed by atoms with Gasteiger partial charge in [0, 0.05) is 13.3 Å². The summed E-state index contributed by atoms with van der Waals surface area (Å²) < 4.78 is 5.53.